The highest BCUT2D eigenvalue weighted by atomic mass is 32.1. The minimum Gasteiger partial charge on any atom is -0.310 e. The third kappa shape index (κ3) is 3.81. The quantitative estimate of drug-likeness (QED) is 0.531. The normalized spacial score (nSPS) is 10.9. The zero-order chi connectivity index (χ0) is 18.8. The van der Waals surface area contributed by atoms with Crippen molar-refractivity contribution in [3.8, 4) is 16.4 Å². The van der Waals surface area contributed by atoms with Crippen LogP contribution in [0, 0.1) is 12.7 Å². The molecular formula is C19H15FN4OS2. The molecule has 4 rings (SSSR count). The van der Waals surface area contributed by atoms with E-state index in [4.69, 9.17) is 0 Å². The Balaban J connectivity index is 1.58. The lowest BCUT2D eigenvalue weighted by molar-refractivity contribution is -0.115. The van der Waals surface area contributed by atoms with E-state index in [0.29, 0.717) is 17.4 Å². The van der Waals surface area contributed by atoms with Gasteiger partial charge in [-0.25, -0.2) is 14.4 Å². The number of thiazole rings is 1. The fourth-order valence-corrected chi connectivity index (χ4v) is 4.25. The summed E-state index contributed by atoms with van der Waals surface area (Å²) in [5.41, 5.74) is 1.58. The van der Waals surface area contributed by atoms with Crippen LogP contribution in [0.5, 0.6) is 0 Å². The molecule has 0 saturated carbocycles. The van der Waals surface area contributed by atoms with Crippen LogP contribution in [-0.2, 0) is 11.2 Å². The van der Waals surface area contributed by atoms with Crippen LogP contribution >= 0.6 is 22.7 Å². The van der Waals surface area contributed by atoms with Crippen molar-refractivity contribution in [2.75, 3.05) is 5.32 Å². The van der Waals surface area contributed by atoms with Crippen molar-refractivity contribution in [1.82, 2.24) is 14.5 Å². The number of nitrogens with one attached hydrogen (secondary N) is 1. The molecule has 1 N–H and O–H groups in total. The molecule has 1 aromatic carbocycles. The number of aryl methyl sites for hydroxylation is 1. The average molecular weight is 398 g/mol. The van der Waals surface area contributed by atoms with Gasteiger partial charge in [0.1, 0.15) is 17.5 Å². The van der Waals surface area contributed by atoms with Crippen LogP contribution in [0.2, 0.25) is 0 Å². The smallest absolute Gasteiger partial charge is 0.230 e. The van der Waals surface area contributed by atoms with Gasteiger partial charge in [0.25, 0.3) is 0 Å². The molecule has 5 nitrogen and oxygen atoms in total. The third-order valence-corrected chi connectivity index (χ3v) is 5.65. The summed E-state index contributed by atoms with van der Waals surface area (Å²) >= 11 is 2.99. The molecule has 0 radical (unpaired) electrons. The van der Waals surface area contributed by atoms with Crippen LogP contribution in [0.3, 0.4) is 0 Å². The molecule has 0 spiro atoms. The first kappa shape index (κ1) is 17.6. The lowest BCUT2D eigenvalue weighted by Gasteiger charge is -2.08. The van der Waals surface area contributed by atoms with E-state index in [-0.39, 0.29) is 11.7 Å². The number of anilines is 1. The second-order valence-electron chi connectivity index (χ2n) is 5.85. The SMILES string of the molecule is Cc1ncc(NC(=O)Cc2cccs2)n1-c1nc(-c2ccc(F)cc2)cs1. The lowest BCUT2D eigenvalue weighted by atomic mass is 10.2. The maximum atomic E-state index is 13.1. The van der Waals surface area contributed by atoms with E-state index in [2.05, 4.69) is 15.3 Å². The zero-order valence-corrected chi connectivity index (χ0v) is 16.0. The van der Waals surface area contributed by atoms with Gasteiger partial charge in [0.2, 0.25) is 5.91 Å². The Morgan fingerprint density at radius 1 is 1.22 bits per heavy atom. The summed E-state index contributed by atoms with van der Waals surface area (Å²) in [7, 11) is 0. The van der Waals surface area contributed by atoms with Crippen molar-refractivity contribution < 1.29 is 9.18 Å². The summed E-state index contributed by atoms with van der Waals surface area (Å²) in [6, 6.07) is 10.1. The van der Waals surface area contributed by atoms with Crippen LogP contribution in [0.1, 0.15) is 10.7 Å². The molecule has 0 aliphatic heterocycles. The van der Waals surface area contributed by atoms with E-state index in [1.54, 1.807) is 29.7 Å². The number of nitrogens with zero attached hydrogens (tertiary/aromatic N) is 3. The summed E-state index contributed by atoms with van der Waals surface area (Å²) in [5, 5.41) is 7.45. The highest BCUT2D eigenvalue weighted by Gasteiger charge is 2.15. The molecule has 0 aliphatic carbocycles. The lowest BCUT2D eigenvalue weighted by Crippen LogP contribution is -2.16. The molecule has 27 heavy (non-hydrogen) atoms. The maximum absolute atomic E-state index is 13.1. The summed E-state index contributed by atoms with van der Waals surface area (Å²) in [6.07, 6.45) is 1.95. The van der Waals surface area contributed by atoms with Crippen molar-refractivity contribution in [2.24, 2.45) is 0 Å². The Bertz CT molecular complexity index is 1070. The number of amides is 1. The minimum absolute atomic E-state index is 0.103. The second-order valence-corrected chi connectivity index (χ2v) is 7.72. The van der Waals surface area contributed by atoms with Gasteiger partial charge in [-0.2, -0.15) is 0 Å². The second kappa shape index (κ2) is 7.42. The predicted octanol–water partition coefficient (Wildman–Crippen LogP) is 4.69. The summed E-state index contributed by atoms with van der Waals surface area (Å²) in [6.45, 7) is 1.86. The van der Waals surface area contributed by atoms with E-state index in [1.165, 1.54) is 23.5 Å². The minimum atomic E-state index is -0.282. The fraction of sp³-hybridized carbons (Fsp3) is 0.105. The first-order valence-electron chi connectivity index (χ1n) is 8.18. The molecule has 0 fully saturated rings. The molecule has 0 unspecified atom stereocenters. The van der Waals surface area contributed by atoms with Crippen molar-refractivity contribution in [3.05, 3.63) is 69.9 Å². The number of imidazole rings is 1. The number of thiophene rings is 1. The van der Waals surface area contributed by atoms with Gasteiger partial charge in [-0.15, -0.1) is 22.7 Å². The summed E-state index contributed by atoms with van der Waals surface area (Å²) in [4.78, 5) is 22.3. The predicted molar refractivity (Wildman–Crippen MR) is 106 cm³/mol. The molecule has 0 bridgehead atoms. The molecule has 136 valence electrons. The van der Waals surface area contributed by atoms with Crippen molar-refractivity contribution in [1.29, 1.82) is 0 Å². The molecule has 0 atom stereocenters. The molecular weight excluding hydrogens is 383 g/mol. The molecule has 3 aromatic heterocycles. The van der Waals surface area contributed by atoms with Gasteiger partial charge in [0.15, 0.2) is 5.13 Å². The number of hydrogen-bond acceptors (Lipinski definition) is 5. The highest BCUT2D eigenvalue weighted by molar-refractivity contribution is 7.12. The van der Waals surface area contributed by atoms with E-state index in [1.807, 2.05) is 34.4 Å². The van der Waals surface area contributed by atoms with Gasteiger partial charge < -0.3 is 5.32 Å². The molecule has 0 aliphatic rings. The Morgan fingerprint density at radius 3 is 2.78 bits per heavy atom. The van der Waals surface area contributed by atoms with Gasteiger partial charge in [-0.3, -0.25) is 9.36 Å². The Morgan fingerprint density at radius 2 is 2.04 bits per heavy atom. The highest BCUT2D eigenvalue weighted by Crippen LogP contribution is 2.27. The number of aromatic nitrogens is 3. The Hall–Kier alpha value is -2.84. The molecule has 1 amide bonds. The molecule has 4 aromatic rings. The molecule has 0 saturated heterocycles. The van der Waals surface area contributed by atoms with Crippen molar-refractivity contribution >= 4 is 34.4 Å². The number of carbonyl (C=O) groups excluding carboxylic acids is 1. The van der Waals surface area contributed by atoms with Crippen LogP contribution < -0.4 is 5.32 Å². The molecule has 8 heteroatoms. The van der Waals surface area contributed by atoms with Crippen LogP contribution in [0.15, 0.2) is 53.4 Å². The van der Waals surface area contributed by atoms with Crippen molar-refractivity contribution in [3.63, 3.8) is 0 Å². The van der Waals surface area contributed by atoms with Crippen LogP contribution in [0.4, 0.5) is 10.2 Å². The maximum Gasteiger partial charge on any atom is 0.230 e. The van der Waals surface area contributed by atoms with E-state index >= 15 is 0 Å². The van der Waals surface area contributed by atoms with Gasteiger partial charge in [-0.1, -0.05) is 6.07 Å². The fourth-order valence-electron chi connectivity index (χ4n) is 2.65. The first-order chi connectivity index (χ1) is 13.1. The summed E-state index contributed by atoms with van der Waals surface area (Å²) < 4.78 is 14.9. The number of rotatable bonds is 5. The Kier molecular flexibility index (Phi) is 4.83. The molecule has 3 heterocycles. The van der Waals surface area contributed by atoms with Gasteiger partial charge >= 0.3 is 0 Å². The van der Waals surface area contributed by atoms with E-state index in [0.717, 1.165) is 22.0 Å². The summed E-state index contributed by atoms with van der Waals surface area (Å²) in [5.74, 6) is 0.916. The van der Waals surface area contributed by atoms with Gasteiger partial charge in [0.05, 0.1) is 18.3 Å². The monoisotopic (exact) mass is 398 g/mol. The number of hydrogen-bond donors (Lipinski definition) is 1. The van der Waals surface area contributed by atoms with Crippen molar-refractivity contribution in [2.45, 2.75) is 13.3 Å². The average Bonchev–Trinajstić information content (AvgIpc) is 3.38. The third-order valence-electron chi connectivity index (χ3n) is 3.94. The van der Waals surface area contributed by atoms with E-state index < -0.39 is 0 Å². The number of halogens is 1. The van der Waals surface area contributed by atoms with Gasteiger partial charge in [0, 0.05) is 15.8 Å². The van der Waals surface area contributed by atoms with Crippen LogP contribution in [0.25, 0.3) is 16.4 Å². The standard InChI is InChI=1S/C19H15FN4OS2/c1-12-21-10-17(23-18(25)9-15-3-2-8-26-15)24(12)19-22-16(11-27-19)13-4-6-14(20)7-5-13/h2-8,10-11H,9H2,1H3,(H,23,25). The number of benzene rings is 1. The largest absolute Gasteiger partial charge is 0.310 e. The number of carbonyl (C=O) groups is 1. The first-order valence-corrected chi connectivity index (χ1v) is 9.94. The Labute approximate surface area is 163 Å². The van der Waals surface area contributed by atoms with E-state index in [9.17, 15) is 9.18 Å². The zero-order valence-electron chi connectivity index (χ0n) is 14.3. The van der Waals surface area contributed by atoms with Gasteiger partial charge in [-0.05, 0) is 42.6 Å². The topological polar surface area (TPSA) is 59.8 Å². The van der Waals surface area contributed by atoms with Crippen LogP contribution in [-0.4, -0.2) is 20.4 Å².